The highest BCUT2D eigenvalue weighted by molar-refractivity contribution is 7.89. The minimum absolute atomic E-state index is 0.0243. The van der Waals surface area contributed by atoms with Gasteiger partial charge in [0.15, 0.2) is 6.61 Å². The van der Waals surface area contributed by atoms with Gasteiger partial charge in [-0.2, -0.15) is 4.31 Å². The second-order valence-electron chi connectivity index (χ2n) is 7.53. The van der Waals surface area contributed by atoms with Crippen LogP contribution in [-0.4, -0.2) is 57.5 Å². The number of rotatable bonds is 7. The van der Waals surface area contributed by atoms with Crippen LogP contribution in [-0.2, 0) is 24.3 Å². The number of carbonyl (C=O) groups is 2. The molecule has 11 heteroatoms. The number of esters is 1. The monoisotopic (exact) mass is 482 g/mol. The number of nitrogens with zero attached hydrogens (tertiary/aromatic N) is 1. The van der Waals surface area contributed by atoms with Crippen molar-refractivity contribution in [2.75, 3.05) is 32.9 Å². The van der Waals surface area contributed by atoms with Crippen LogP contribution in [0.15, 0.2) is 41.3 Å². The molecule has 0 radical (unpaired) electrons. The average Bonchev–Trinajstić information content (AvgIpc) is 2.78. The standard InChI is InChI=1S/C22H24F2N2O6S/c1-14-3-4-16(11-20(14)33(29,30)26-7-9-31-10-8-26)22(28)32-13-21(27)25-15(2)18-6-5-17(23)12-19(18)24/h3-6,11-12,15H,7-10,13H2,1-2H3,(H,25,27). The molecule has 1 heterocycles. The van der Waals surface area contributed by atoms with Crippen LogP contribution in [0.1, 0.15) is 34.5 Å². The lowest BCUT2D eigenvalue weighted by Crippen LogP contribution is -2.40. The number of morpholine rings is 1. The molecule has 2 aromatic rings. The van der Waals surface area contributed by atoms with Gasteiger partial charge in [0, 0.05) is 24.7 Å². The fraction of sp³-hybridized carbons (Fsp3) is 0.364. The number of sulfonamides is 1. The zero-order valence-electron chi connectivity index (χ0n) is 18.1. The Labute approximate surface area is 190 Å². The van der Waals surface area contributed by atoms with Gasteiger partial charge in [-0.3, -0.25) is 4.79 Å². The number of carbonyl (C=O) groups excluding carboxylic acids is 2. The summed E-state index contributed by atoms with van der Waals surface area (Å²) in [6.07, 6.45) is 0. The highest BCUT2D eigenvalue weighted by Gasteiger charge is 2.28. The molecule has 33 heavy (non-hydrogen) atoms. The Morgan fingerprint density at radius 3 is 2.52 bits per heavy atom. The first-order valence-electron chi connectivity index (χ1n) is 10.2. The predicted molar refractivity (Wildman–Crippen MR) is 114 cm³/mol. The quantitative estimate of drug-likeness (QED) is 0.608. The molecule has 1 N–H and O–H groups in total. The molecule has 1 fully saturated rings. The summed E-state index contributed by atoms with van der Waals surface area (Å²) in [6.45, 7) is 3.45. The molecule has 1 aliphatic heterocycles. The van der Waals surface area contributed by atoms with Crippen molar-refractivity contribution in [2.45, 2.75) is 24.8 Å². The van der Waals surface area contributed by atoms with Gasteiger partial charge in [0.25, 0.3) is 5.91 Å². The molecule has 0 spiro atoms. The number of halogens is 2. The summed E-state index contributed by atoms with van der Waals surface area (Å²) in [5.74, 6) is -3.14. The Bertz CT molecular complexity index is 1150. The summed E-state index contributed by atoms with van der Waals surface area (Å²) in [4.78, 5) is 24.5. The Morgan fingerprint density at radius 2 is 1.85 bits per heavy atom. The minimum atomic E-state index is -3.83. The molecule has 2 aromatic carbocycles. The molecule has 0 bridgehead atoms. The Kier molecular flexibility index (Phi) is 7.77. The smallest absolute Gasteiger partial charge is 0.338 e. The second kappa shape index (κ2) is 10.4. The van der Waals surface area contributed by atoms with Gasteiger partial charge in [-0.25, -0.2) is 22.0 Å². The largest absolute Gasteiger partial charge is 0.452 e. The van der Waals surface area contributed by atoms with Gasteiger partial charge in [0.2, 0.25) is 10.0 Å². The summed E-state index contributed by atoms with van der Waals surface area (Å²) < 4.78 is 64.3. The van der Waals surface area contributed by atoms with Gasteiger partial charge in [-0.15, -0.1) is 0 Å². The Morgan fingerprint density at radius 1 is 1.15 bits per heavy atom. The fourth-order valence-corrected chi connectivity index (χ4v) is 5.02. The van der Waals surface area contributed by atoms with Crippen LogP contribution < -0.4 is 5.32 Å². The lowest BCUT2D eigenvalue weighted by molar-refractivity contribution is -0.124. The number of benzene rings is 2. The number of nitrogens with one attached hydrogen (secondary N) is 1. The van der Waals surface area contributed by atoms with Crippen LogP contribution in [0.3, 0.4) is 0 Å². The van der Waals surface area contributed by atoms with E-state index in [2.05, 4.69) is 5.32 Å². The van der Waals surface area contributed by atoms with E-state index in [0.717, 1.165) is 6.07 Å². The maximum absolute atomic E-state index is 13.9. The van der Waals surface area contributed by atoms with E-state index in [9.17, 15) is 26.8 Å². The summed E-state index contributed by atoms with van der Waals surface area (Å²) in [5.41, 5.74) is 0.511. The molecule has 0 aliphatic carbocycles. The van der Waals surface area contributed by atoms with Crippen LogP contribution in [0, 0.1) is 18.6 Å². The molecular weight excluding hydrogens is 458 g/mol. The number of aryl methyl sites for hydroxylation is 1. The molecule has 0 aromatic heterocycles. The third-order valence-corrected chi connectivity index (χ3v) is 7.19. The molecule has 178 valence electrons. The van der Waals surface area contributed by atoms with E-state index in [-0.39, 0.29) is 42.3 Å². The van der Waals surface area contributed by atoms with E-state index < -0.39 is 46.2 Å². The van der Waals surface area contributed by atoms with Crippen molar-refractivity contribution in [3.05, 3.63) is 64.7 Å². The van der Waals surface area contributed by atoms with Crippen LogP contribution in [0.2, 0.25) is 0 Å². The first-order valence-corrected chi connectivity index (χ1v) is 11.6. The van der Waals surface area contributed by atoms with E-state index >= 15 is 0 Å². The molecule has 1 amide bonds. The zero-order chi connectivity index (χ0) is 24.2. The maximum atomic E-state index is 13.9. The molecule has 1 saturated heterocycles. The van der Waals surface area contributed by atoms with Crippen LogP contribution in [0.25, 0.3) is 0 Å². The van der Waals surface area contributed by atoms with E-state index in [1.54, 1.807) is 6.92 Å². The summed E-state index contributed by atoms with van der Waals surface area (Å²) in [5, 5.41) is 2.46. The van der Waals surface area contributed by atoms with E-state index in [4.69, 9.17) is 9.47 Å². The van der Waals surface area contributed by atoms with Crippen LogP contribution in [0.4, 0.5) is 8.78 Å². The normalized spacial score (nSPS) is 15.6. The predicted octanol–water partition coefficient (Wildman–Crippen LogP) is 2.33. The molecule has 1 unspecified atom stereocenters. The zero-order valence-corrected chi connectivity index (χ0v) is 19.0. The first-order chi connectivity index (χ1) is 15.6. The van der Waals surface area contributed by atoms with E-state index in [0.29, 0.717) is 11.6 Å². The lowest BCUT2D eigenvalue weighted by Gasteiger charge is -2.26. The fourth-order valence-electron chi connectivity index (χ4n) is 3.36. The van der Waals surface area contributed by atoms with Crippen LogP contribution >= 0.6 is 0 Å². The highest BCUT2D eigenvalue weighted by Crippen LogP contribution is 2.23. The summed E-state index contributed by atoms with van der Waals surface area (Å²) in [7, 11) is -3.83. The maximum Gasteiger partial charge on any atom is 0.338 e. The lowest BCUT2D eigenvalue weighted by atomic mass is 10.1. The summed E-state index contributed by atoms with van der Waals surface area (Å²) >= 11 is 0. The van der Waals surface area contributed by atoms with Crippen molar-refractivity contribution >= 4 is 21.9 Å². The van der Waals surface area contributed by atoms with Crippen LogP contribution in [0.5, 0.6) is 0 Å². The number of hydrogen-bond donors (Lipinski definition) is 1. The average molecular weight is 483 g/mol. The Hall–Kier alpha value is -2.89. The first kappa shape index (κ1) is 24.7. The van der Waals surface area contributed by atoms with Gasteiger partial charge in [-0.05, 0) is 37.6 Å². The van der Waals surface area contributed by atoms with E-state index in [1.165, 1.54) is 35.5 Å². The molecule has 8 nitrogen and oxygen atoms in total. The highest BCUT2D eigenvalue weighted by atomic mass is 32.2. The summed E-state index contributed by atoms with van der Waals surface area (Å²) in [6, 6.07) is 6.31. The van der Waals surface area contributed by atoms with Crippen molar-refractivity contribution in [1.82, 2.24) is 9.62 Å². The SMILES string of the molecule is Cc1ccc(C(=O)OCC(=O)NC(C)c2ccc(F)cc2F)cc1S(=O)(=O)N1CCOCC1. The van der Waals surface area contributed by atoms with E-state index in [1.807, 2.05) is 0 Å². The van der Waals surface area contributed by atoms with Crippen molar-refractivity contribution in [3.8, 4) is 0 Å². The van der Waals surface area contributed by atoms with Gasteiger partial charge < -0.3 is 14.8 Å². The third kappa shape index (κ3) is 5.92. The molecule has 0 saturated carbocycles. The Balaban J connectivity index is 1.64. The number of hydrogen-bond acceptors (Lipinski definition) is 6. The molecule has 1 atom stereocenters. The molecular formula is C22H24F2N2O6S. The topological polar surface area (TPSA) is 102 Å². The van der Waals surface area contributed by atoms with Gasteiger partial charge in [-0.1, -0.05) is 12.1 Å². The van der Waals surface area contributed by atoms with Crippen molar-refractivity contribution in [1.29, 1.82) is 0 Å². The van der Waals surface area contributed by atoms with Crippen molar-refractivity contribution in [3.63, 3.8) is 0 Å². The van der Waals surface area contributed by atoms with Crippen molar-refractivity contribution in [2.24, 2.45) is 0 Å². The van der Waals surface area contributed by atoms with Gasteiger partial charge in [0.1, 0.15) is 11.6 Å². The number of ether oxygens (including phenoxy) is 2. The molecule has 1 aliphatic rings. The number of amides is 1. The van der Waals surface area contributed by atoms with Crippen molar-refractivity contribution < 1.29 is 36.3 Å². The second-order valence-corrected chi connectivity index (χ2v) is 9.43. The third-order valence-electron chi connectivity index (χ3n) is 5.15. The van der Waals surface area contributed by atoms with Gasteiger partial charge >= 0.3 is 5.97 Å². The van der Waals surface area contributed by atoms with Gasteiger partial charge in [0.05, 0.1) is 29.7 Å². The minimum Gasteiger partial charge on any atom is -0.452 e. The molecule has 3 rings (SSSR count).